The van der Waals surface area contributed by atoms with Gasteiger partial charge in [-0.3, -0.25) is 14.5 Å². The van der Waals surface area contributed by atoms with Crippen LogP contribution in [-0.4, -0.2) is 42.4 Å². The summed E-state index contributed by atoms with van der Waals surface area (Å²) in [5.41, 5.74) is 3.90. The first-order valence-electron chi connectivity index (χ1n) is 9.85. The fraction of sp³-hybridized carbons (Fsp3) is 0.318. The van der Waals surface area contributed by atoms with Crippen molar-refractivity contribution in [2.75, 3.05) is 29.9 Å². The van der Waals surface area contributed by atoms with Crippen LogP contribution in [0.15, 0.2) is 42.5 Å². The SMILES string of the molecule is Cc1cc(C(=O)Nc2cccc(CN3CCCC3=O)c2)ccc1N1CCNC1=O. The quantitative estimate of drug-likeness (QED) is 0.821. The van der Waals surface area contributed by atoms with E-state index >= 15 is 0 Å². The van der Waals surface area contributed by atoms with Gasteiger partial charge in [-0.2, -0.15) is 0 Å². The molecule has 4 rings (SSSR count). The van der Waals surface area contributed by atoms with Crippen molar-refractivity contribution in [3.8, 4) is 0 Å². The first-order valence-corrected chi connectivity index (χ1v) is 9.85. The highest BCUT2D eigenvalue weighted by molar-refractivity contribution is 6.05. The lowest BCUT2D eigenvalue weighted by atomic mass is 10.1. The molecule has 0 unspecified atom stereocenters. The Hall–Kier alpha value is -3.35. The highest BCUT2D eigenvalue weighted by atomic mass is 16.2. The third kappa shape index (κ3) is 4.08. The van der Waals surface area contributed by atoms with Gasteiger partial charge in [0.05, 0.1) is 0 Å². The minimum Gasteiger partial charge on any atom is -0.338 e. The maximum Gasteiger partial charge on any atom is 0.322 e. The molecule has 2 saturated heterocycles. The number of carbonyl (C=O) groups excluding carboxylic acids is 3. The number of aryl methyl sites for hydroxylation is 1. The van der Waals surface area contributed by atoms with E-state index < -0.39 is 0 Å². The molecule has 2 aromatic rings. The van der Waals surface area contributed by atoms with Gasteiger partial charge in [-0.25, -0.2) is 4.79 Å². The number of hydrogen-bond acceptors (Lipinski definition) is 3. The van der Waals surface area contributed by atoms with E-state index in [-0.39, 0.29) is 17.8 Å². The number of rotatable bonds is 5. The first-order chi connectivity index (χ1) is 14.0. The molecular formula is C22H24N4O3. The Morgan fingerprint density at radius 3 is 2.69 bits per heavy atom. The Labute approximate surface area is 169 Å². The number of carbonyl (C=O) groups is 3. The first kappa shape index (κ1) is 19.0. The van der Waals surface area contributed by atoms with Gasteiger partial charge >= 0.3 is 6.03 Å². The molecule has 0 aliphatic carbocycles. The van der Waals surface area contributed by atoms with E-state index in [0.717, 1.165) is 29.8 Å². The highest BCUT2D eigenvalue weighted by Gasteiger charge is 2.23. The predicted molar refractivity (Wildman–Crippen MR) is 111 cm³/mol. The molecule has 0 spiro atoms. The van der Waals surface area contributed by atoms with Gasteiger partial charge in [0.2, 0.25) is 5.91 Å². The van der Waals surface area contributed by atoms with Crippen molar-refractivity contribution in [3.05, 3.63) is 59.2 Å². The molecule has 0 bridgehead atoms. The lowest BCUT2D eigenvalue weighted by molar-refractivity contribution is -0.128. The van der Waals surface area contributed by atoms with Gasteiger partial charge in [0, 0.05) is 49.5 Å². The summed E-state index contributed by atoms with van der Waals surface area (Å²) in [7, 11) is 0. The molecule has 0 aromatic heterocycles. The molecule has 2 fully saturated rings. The summed E-state index contributed by atoms with van der Waals surface area (Å²) in [6.07, 6.45) is 1.52. The molecule has 7 nitrogen and oxygen atoms in total. The Balaban J connectivity index is 1.45. The Kier molecular flexibility index (Phi) is 5.20. The van der Waals surface area contributed by atoms with Gasteiger partial charge in [-0.1, -0.05) is 12.1 Å². The maximum absolute atomic E-state index is 12.7. The predicted octanol–water partition coefficient (Wildman–Crippen LogP) is 2.90. The topological polar surface area (TPSA) is 81.8 Å². The number of nitrogens with zero attached hydrogens (tertiary/aromatic N) is 2. The summed E-state index contributed by atoms with van der Waals surface area (Å²) < 4.78 is 0. The van der Waals surface area contributed by atoms with Crippen LogP contribution in [0, 0.1) is 6.92 Å². The second kappa shape index (κ2) is 7.95. The fourth-order valence-corrected chi connectivity index (χ4v) is 3.84. The summed E-state index contributed by atoms with van der Waals surface area (Å²) in [5, 5.41) is 5.71. The minimum absolute atomic E-state index is 0.112. The van der Waals surface area contributed by atoms with Crippen LogP contribution in [0.2, 0.25) is 0 Å². The van der Waals surface area contributed by atoms with E-state index in [9.17, 15) is 14.4 Å². The van der Waals surface area contributed by atoms with Crippen LogP contribution in [0.4, 0.5) is 16.2 Å². The highest BCUT2D eigenvalue weighted by Crippen LogP contribution is 2.24. The number of nitrogens with one attached hydrogen (secondary N) is 2. The molecule has 2 aliphatic rings. The molecule has 2 heterocycles. The van der Waals surface area contributed by atoms with Gasteiger partial charge in [0.1, 0.15) is 0 Å². The number of likely N-dealkylation sites (tertiary alicyclic amines) is 1. The van der Waals surface area contributed by atoms with Crippen molar-refractivity contribution in [2.24, 2.45) is 0 Å². The third-order valence-corrected chi connectivity index (χ3v) is 5.34. The number of urea groups is 1. The Morgan fingerprint density at radius 2 is 2.00 bits per heavy atom. The molecule has 0 radical (unpaired) electrons. The summed E-state index contributed by atoms with van der Waals surface area (Å²) in [4.78, 5) is 39.9. The summed E-state index contributed by atoms with van der Waals surface area (Å²) >= 11 is 0. The van der Waals surface area contributed by atoms with E-state index in [4.69, 9.17) is 0 Å². The van der Waals surface area contributed by atoms with E-state index in [0.29, 0.717) is 37.3 Å². The van der Waals surface area contributed by atoms with E-state index in [1.807, 2.05) is 42.2 Å². The molecule has 2 N–H and O–H groups in total. The number of amides is 4. The van der Waals surface area contributed by atoms with Crippen LogP contribution in [0.3, 0.4) is 0 Å². The third-order valence-electron chi connectivity index (χ3n) is 5.34. The standard InChI is InChI=1S/C22H24N4O3/c1-15-12-17(7-8-19(15)26-11-9-23-22(26)29)21(28)24-18-5-2-4-16(13-18)14-25-10-3-6-20(25)27/h2,4-5,7-8,12-13H,3,6,9-11,14H2,1H3,(H,23,29)(H,24,28). The van der Waals surface area contributed by atoms with E-state index in [2.05, 4.69) is 10.6 Å². The molecule has 150 valence electrons. The van der Waals surface area contributed by atoms with Crippen LogP contribution < -0.4 is 15.5 Å². The van der Waals surface area contributed by atoms with Crippen LogP contribution in [0.25, 0.3) is 0 Å². The van der Waals surface area contributed by atoms with E-state index in [1.165, 1.54) is 0 Å². The summed E-state index contributed by atoms with van der Waals surface area (Å²) in [5.74, 6) is -0.0263. The smallest absolute Gasteiger partial charge is 0.322 e. The van der Waals surface area contributed by atoms with Crippen molar-refractivity contribution in [3.63, 3.8) is 0 Å². The van der Waals surface area contributed by atoms with Gasteiger partial charge in [-0.15, -0.1) is 0 Å². The van der Waals surface area contributed by atoms with Crippen molar-refractivity contribution in [1.29, 1.82) is 0 Å². The van der Waals surface area contributed by atoms with Gasteiger partial charge < -0.3 is 15.5 Å². The molecule has 2 aromatic carbocycles. The van der Waals surface area contributed by atoms with Crippen molar-refractivity contribution >= 4 is 29.2 Å². The zero-order valence-corrected chi connectivity index (χ0v) is 16.4. The summed E-state index contributed by atoms with van der Waals surface area (Å²) in [6.45, 7) is 4.49. The number of benzene rings is 2. The average Bonchev–Trinajstić information content (AvgIpc) is 3.30. The average molecular weight is 392 g/mol. The Bertz CT molecular complexity index is 972. The van der Waals surface area contributed by atoms with Crippen LogP contribution in [0.5, 0.6) is 0 Å². The summed E-state index contributed by atoms with van der Waals surface area (Å²) in [6, 6.07) is 12.8. The van der Waals surface area contributed by atoms with Crippen LogP contribution in [0.1, 0.15) is 34.3 Å². The zero-order valence-electron chi connectivity index (χ0n) is 16.4. The monoisotopic (exact) mass is 392 g/mol. The van der Waals surface area contributed by atoms with Gasteiger partial charge in [0.25, 0.3) is 5.91 Å². The van der Waals surface area contributed by atoms with E-state index in [1.54, 1.807) is 17.0 Å². The van der Waals surface area contributed by atoms with Crippen LogP contribution in [-0.2, 0) is 11.3 Å². The molecule has 2 aliphatic heterocycles. The lowest BCUT2D eigenvalue weighted by Gasteiger charge is -2.18. The second-order valence-corrected chi connectivity index (χ2v) is 7.46. The van der Waals surface area contributed by atoms with Crippen molar-refractivity contribution in [2.45, 2.75) is 26.3 Å². The largest absolute Gasteiger partial charge is 0.338 e. The molecular weight excluding hydrogens is 368 g/mol. The maximum atomic E-state index is 12.7. The number of hydrogen-bond donors (Lipinski definition) is 2. The Morgan fingerprint density at radius 1 is 1.14 bits per heavy atom. The molecule has 4 amide bonds. The normalized spacial score (nSPS) is 16.3. The molecule has 0 atom stereocenters. The van der Waals surface area contributed by atoms with Crippen LogP contribution >= 0.6 is 0 Å². The van der Waals surface area contributed by atoms with Crippen molar-refractivity contribution < 1.29 is 14.4 Å². The second-order valence-electron chi connectivity index (χ2n) is 7.46. The molecule has 0 saturated carbocycles. The lowest BCUT2D eigenvalue weighted by Crippen LogP contribution is -2.28. The number of anilines is 2. The van der Waals surface area contributed by atoms with Crippen molar-refractivity contribution in [1.82, 2.24) is 10.2 Å². The minimum atomic E-state index is -0.208. The van der Waals surface area contributed by atoms with Gasteiger partial charge in [0.15, 0.2) is 0 Å². The molecule has 7 heteroatoms. The fourth-order valence-electron chi connectivity index (χ4n) is 3.84. The molecule has 29 heavy (non-hydrogen) atoms. The van der Waals surface area contributed by atoms with Gasteiger partial charge in [-0.05, 0) is 54.8 Å². The zero-order chi connectivity index (χ0) is 20.4.